The Kier molecular flexibility index (Phi) is 6.31. The van der Waals surface area contributed by atoms with Gasteiger partial charge in [0.15, 0.2) is 5.17 Å². The average molecular weight is 477 g/mol. The molecule has 10 heteroatoms. The highest BCUT2D eigenvalue weighted by molar-refractivity contribution is 8.15. The second kappa shape index (κ2) is 9.68. The number of nitrogens with zero attached hydrogens (tertiary/aromatic N) is 3. The number of imidazole rings is 1. The molecule has 0 bridgehead atoms. The first-order valence-electron chi connectivity index (χ1n) is 11.3. The largest absolute Gasteiger partial charge is 0.351 e. The number of carbonyl (C=O) groups is 3. The Hall–Kier alpha value is -3.66. The zero-order chi connectivity index (χ0) is 23.5. The standard InChI is InChI=1S/C24H24N6O3S/c31-20(14-19-22(33)29-24(34-19)30-11-4-1-5-12-30)25-16-8-6-7-15(13-16)21(32)28-23-26-17-9-2-3-10-18(17)27-23/h2-3,6-10,13,19H,1,4-5,11-12,14H2,(H,25,31)(H2,26,27,28,32). The smallest absolute Gasteiger partial charge is 0.262 e. The van der Waals surface area contributed by atoms with Crippen LogP contribution in [-0.4, -0.2) is 56.1 Å². The number of piperidine rings is 1. The van der Waals surface area contributed by atoms with Gasteiger partial charge in [0, 0.05) is 30.8 Å². The number of carbonyl (C=O) groups excluding carboxylic acids is 3. The van der Waals surface area contributed by atoms with Crippen LogP contribution in [0.15, 0.2) is 53.5 Å². The molecule has 3 aromatic rings. The zero-order valence-electron chi connectivity index (χ0n) is 18.4. The van der Waals surface area contributed by atoms with Crippen molar-refractivity contribution in [3.05, 3.63) is 54.1 Å². The summed E-state index contributed by atoms with van der Waals surface area (Å²) in [4.78, 5) is 51.3. The molecule has 3 N–H and O–H groups in total. The van der Waals surface area contributed by atoms with Crippen LogP contribution in [0.1, 0.15) is 36.0 Å². The van der Waals surface area contributed by atoms with Gasteiger partial charge in [-0.1, -0.05) is 30.0 Å². The Morgan fingerprint density at radius 1 is 1.06 bits per heavy atom. The van der Waals surface area contributed by atoms with E-state index >= 15 is 0 Å². The minimum atomic E-state index is -0.517. The maximum absolute atomic E-state index is 12.7. The second-order valence-electron chi connectivity index (χ2n) is 8.28. The van der Waals surface area contributed by atoms with Crippen LogP contribution in [0.3, 0.4) is 0 Å². The van der Waals surface area contributed by atoms with Crippen molar-refractivity contribution in [1.29, 1.82) is 0 Å². The lowest BCUT2D eigenvalue weighted by Gasteiger charge is -2.27. The molecule has 34 heavy (non-hydrogen) atoms. The second-order valence-corrected chi connectivity index (χ2v) is 9.45. The van der Waals surface area contributed by atoms with Crippen molar-refractivity contribution in [3.8, 4) is 0 Å². The van der Waals surface area contributed by atoms with E-state index in [0.29, 0.717) is 17.2 Å². The lowest BCUT2D eigenvalue weighted by molar-refractivity contribution is -0.121. The molecule has 0 spiro atoms. The quantitative estimate of drug-likeness (QED) is 0.517. The highest BCUT2D eigenvalue weighted by Crippen LogP contribution is 2.29. The summed E-state index contributed by atoms with van der Waals surface area (Å²) in [7, 11) is 0. The van der Waals surface area contributed by atoms with Gasteiger partial charge in [-0.2, -0.15) is 4.99 Å². The molecule has 3 amide bonds. The van der Waals surface area contributed by atoms with Gasteiger partial charge in [0.2, 0.25) is 11.9 Å². The molecule has 2 aliphatic rings. The number of amidine groups is 1. The molecular weight excluding hydrogens is 452 g/mol. The zero-order valence-corrected chi connectivity index (χ0v) is 19.2. The monoisotopic (exact) mass is 476 g/mol. The van der Waals surface area contributed by atoms with Gasteiger partial charge in [0.1, 0.15) is 5.25 Å². The molecular formula is C24H24N6O3S. The van der Waals surface area contributed by atoms with Crippen molar-refractivity contribution in [1.82, 2.24) is 14.9 Å². The first kappa shape index (κ1) is 22.1. The predicted octanol–water partition coefficient (Wildman–Crippen LogP) is 3.63. The third kappa shape index (κ3) is 4.96. The van der Waals surface area contributed by atoms with Gasteiger partial charge >= 0.3 is 0 Å². The van der Waals surface area contributed by atoms with Gasteiger partial charge in [-0.15, -0.1) is 0 Å². The van der Waals surface area contributed by atoms with E-state index in [0.717, 1.165) is 42.1 Å². The summed E-state index contributed by atoms with van der Waals surface area (Å²) in [6, 6.07) is 14.1. The number of amides is 3. The molecule has 3 heterocycles. The molecule has 0 aliphatic carbocycles. The van der Waals surface area contributed by atoms with E-state index in [1.54, 1.807) is 24.3 Å². The van der Waals surface area contributed by atoms with Crippen LogP contribution in [0.4, 0.5) is 11.6 Å². The molecule has 5 rings (SSSR count). The summed E-state index contributed by atoms with van der Waals surface area (Å²) >= 11 is 1.37. The molecule has 9 nitrogen and oxygen atoms in total. The number of hydrogen-bond acceptors (Lipinski definition) is 6. The number of H-pyrrole nitrogens is 1. The predicted molar refractivity (Wildman–Crippen MR) is 133 cm³/mol. The summed E-state index contributed by atoms with van der Waals surface area (Å²) < 4.78 is 0. The Morgan fingerprint density at radius 3 is 2.71 bits per heavy atom. The summed E-state index contributed by atoms with van der Waals surface area (Å²) in [6.45, 7) is 1.81. The molecule has 1 unspecified atom stereocenters. The van der Waals surface area contributed by atoms with Crippen molar-refractivity contribution in [2.24, 2.45) is 4.99 Å². The van der Waals surface area contributed by atoms with Crippen molar-refractivity contribution < 1.29 is 14.4 Å². The number of hydrogen-bond donors (Lipinski definition) is 3. The van der Waals surface area contributed by atoms with Crippen molar-refractivity contribution >= 4 is 57.3 Å². The summed E-state index contributed by atoms with van der Waals surface area (Å²) in [5.74, 6) is -0.561. The lowest BCUT2D eigenvalue weighted by atomic mass is 10.1. The number of aromatic amines is 1. The molecule has 0 saturated carbocycles. The Bertz CT molecular complexity index is 1250. The van der Waals surface area contributed by atoms with Crippen LogP contribution in [-0.2, 0) is 9.59 Å². The number of thioether (sulfide) groups is 1. The number of rotatable bonds is 5. The third-order valence-corrected chi connectivity index (χ3v) is 6.97. The van der Waals surface area contributed by atoms with Gasteiger partial charge in [-0.25, -0.2) is 4.98 Å². The van der Waals surface area contributed by atoms with Crippen LogP contribution >= 0.6 is 11.8 Å². The molecule has 1 atom stereocenters. The SMILES string of the molecule is O=C(CC1SC(N2CCCCC2)=NC1=O)Nc1cccc(C(=O)Nc2nc3ccccc3[nH]2)c1. The fourth-order valence-corrected chi connectivity index (χ4v) is 5.16. The number of aliphatic imine (C=N–C) groups is 1. The van der Waals surface area contributed by atoms with Crippen LogP contribution < -0.4 is 10.6 Å². The Balaban J connectivity index is 1.18. The number of benzene rings is 2. The maximum Gasteiger partial charge on any atom is 0.262 e. The van der Waals surface area contributed by atoms with Crippen LogP contribution in [0, 0.1) is 0 Å². The number of nitrogens with one attached hydrogen (secondary N) is 3. The van der Waals surface area contributed by atoms with Gasteiger partial charge < -0.3 is 15.2 Å². The number of fused-ring (bicyclic) bond motifs is 1. The summed E-state index contributed by atoms with van der Waals surface area (Å²) in [5, 5.41) is 5.75. The number of anilines is 2. The van der Waals surface area contributed by atoms with Crippen LogP contribution in [0.25, 0.3) is 11.0 Å². The molecule has 174 valence electrons. The normalized spacial score (nSPS) is 18.1. The third-order valence-electron chi connectivity index (χ3n) is 5.76. The van der Waals surface area contributed by atoms with E-state index in [2.05, 4.69) is 30.5 Å². The molecule has 2 aromatic carbocycles. The van der Waals surface area contributed by atoms with Gasteiger partial charge in [0.25, 0.3) is 11.8 Å². The number of para-hydroxylation sites is 2. The fourth-order valence-electron chi connectivity index (χ4n) is 4.04. The average Bonchev–Trinajstić information content (AvgIpc) is 3.42. The highest BCUT2D eigenvalue weighted by Gasteiger charge is 2.33. The van der Waals surface area contributed by atoms with Crippen LogP contribution in [0.5, 0.6) is 0 Å². The number of aromatic nitrogens is 2. The van der Waals surface area contributed by atoms with E-state index in [1.165, 1.54) is 18.2 Å². The Labute approximate surface area is 200 Å². The minimum Gasteiger partial charge on any atom is -0.351 e. The van der Waals surface area contributed by atoms with E-state index in [1.807, 2.05) is 24.3 Å². The lowest BCUT2D eigenvalue weighted by Crippen LogP contribution is -2.33. The van der Waals surface area contributed by atoms with Crippen molar-refractivity contribution in [3.63, 3.8) is 0 Å². The van der Waals surface area contributed by atoms with E-state index in [4.69, 9.17) is 0 Å². The highest BCUT2D eigenvalue weighted by atomic mass is 32.2. The van der Waals surface area contributed by atoms with Gasteiger partial charge in [-0.05, 0) is 49.6 Å². The first-order chi connectivity index (χ1) is 16.5. The van der Waals surface area contributed by atoms with Gasteiger partial charge in [0.05, 0.1) is 11.0 Å². The fraction of sp³-hybridized carbons (Fsp3) is 0.292. The maximum atomic E-state index is 12.7. The van der Waals surface area contributed by atoms with E-state index in [-0.39, 0.29) is 24.1 Å². The topological polar surface area (TPSA) is 120 Å². The first-order valence-corrected chi connectivity index (χ1v) is 12.1. The van der Waals surface area contributed by atoms with Crippen molar-refractivity contribution in [2.45, 2.75) is 30.9 Å². The number of likely N-dealkylation sites (tertiary alicyclic amines) is 1. The minimum absolute atomic E-state index is 0.0275. The molecule has 1 aromatic heterocycles. The van der Waals surface area contributed by atoms with Crippen LogP contribution in [0.2, 0.25) is 0 Å². The van der Waals surface area contributed by atoms with E-state index < -0.39 is 5.25 Å². The van der Waals surface area contributed by atoms with Gasteiger partial charge in [-0.3, -0.25) is 19.7 Å². The molecule has 2 aliphatic heterocycles. The van der Waals surface area contributed by atoms with E-state index in [9.17, 15) is 14.4 Å². The molecule has 0 radical (unpaired) electrons. The molecule has 1 saturated heterocycles. The molecule has 1 fully saturated rings. The summed E-state index contributed by atoms with van der Waals surface area (Å²) in [6.07, 6.45) is 3.42. The Morgan fingerprint density at radius 2 is 1.88 bits per heavy atom. The summed E-state index contributed by atoms with van der Waals surface area (Å²) in [5.41, 5.74) is 2.44. The van der Waals surface area contributed by atoms with Crippen molar-refractivity contribution in [2.75, 3.05) is 23.7 Å².